The number of aliphatic hydroxyl groups is 1. The van der Waals surface area contributed by atoms with Crippen LogP contribution in [0.2, 0.25) is 0 Å². The van der Waals surface area contributed by atoms with Gasteiger partial charge in [-0.15, -0.1) is 37.2 Å². The van der Waals surface area contributed by atoms with Crippen LogP contribution in [-0.4, -0.2) is 46.2 Å². The second kappa shape index (κ2) is 13.1. The fraction of sp³-hybridized carbons (Fsp3) is 0.333. The number of pyridine rings is 1. The van der Waals surface area contributed by atoms with Crippen LogP contribution in [0.5, 0.6) is 0 Å². The van der Waals surface area contributed by atoms with E-state index in [1.165, 1.54) is 5.56 Å². The van der Waals surface area contributed by atoms with E-state index in [0.29, 0.717) is 5.92 Å². The van der Waals surface area contributed by atoms with Crippen LogP contribution in [0.15, 0.2) is 54.9 Å². The first-order valence-corrected chi connectivity index (χ1v) is 10.2. The van der Waals surface area contributed by atoms with Crippen molar-refractivity contribution in [2.75, 3.05) is 31.6 Å². The lowest BCUT2D eigenvalue weighted by Crippen LogP contribution is -2.35. The molecule has 1 fully saturated rings. The first-order valence-electron chi connectivity index (χ1n) is 9.39. The van der Waals surface area contributed by atoms with E-state index in [4.69, 9.17) is 5.11 Å². The Balaban J connectivity index is 0.00000150. The number of anilines is 2. The molecular formula is C21H27Cl3N4OS. The number of thiazole rings is 1. The largest absolute Gasteiger partial charge is 0.395 e. The molecule has 5 nitrogen and oxygen atoms in total. The second-order valence-corrected chi connectivity index (χ2v) is 7.86. The molecule has 1 saturated heterocycles. The van der Waals surface area contributed by atoms with Gasteiger partial charge in [0.05, 0.1) is 11.5 Å². The summed E-state index contributed by atoms with van der Waals surface area (Å²) in [5, 5.41) is 13.4. The molecule has 1 aromatic carbocycles. The number of hydrogen-bond donors (Lipinski definition) is 2. The molecule has 0 aliphatic carbocycles. The maximum Gasteiger partial charge on any atom is 0.187 e. The third-order valence-corrected chi connectivity index (χ3v) is 5.98. The van der Waals surface area contributed by atoms with E-state index >= 15 is 0 Å². The van der Waals surface area contributed by atoms with Gasteiger partial charge in [0, 0.05) is 36.2 Å². The molecule has 30 heavy (non-hydrogen) atoms. The summed E-state index contributed by atoms with van der Waals surface area (Å²) in [6.45, 7) is 3.06. The smallest absolute Gasteiger partial charge is 0.187 e. The van der Waals surface area contributed by atoms with E-state index in [0.717, 1.165) is 53.9 Å². The molecule has 3 aromatic rings. The topological polar surface area (TPSA) is 61.3 Å². The number of piperidine rings is 1. The molecule has 1 aliphatic rings. The summed E-state index contributed by atoms with van der Waals surface area (Å²) in [5.41, 5.74) is 3.36. The highest BCUT2D eigenvalue weighted by Gasteiger charge is 2.21. The Morgan fingerprint density at radius 2 is 1.77 bits per heavy atom. The van der Waals surface area contributed by atoms with E-state index in [1.807, 2.05) is 36.7 Å². The molecule has 0 amide bonds. The third-order valence-electron chi connectivity index (χ3n) is 5.02. The highest BCUT2D eigenvalue weighted by atomic mass is 35.5. The van der Waals surface area contributed by atoms with Crippen molar-refractivity contribution in [1.82, 2.24) is 14.9 Å². The van der Waals surface area contributed by atoms with Crippen LogP contribution in [0.25, 0.3) is 10.4 Å². The first-order chi connectivity index (χ1) is 13.3. The molecule has 1 aliphatic heterocycles. The lowest BCUT2D eigenvalue weighted by Gasteiger charge is -2.31. The highest BCUT2D eigenvalue weighted by Crippen LogP contribution is 2.32. The number of benzene rings is 1. The van der Waals surface area contributed by atoms with Crippen molar-refractivity contribution in [2.45, 2.75) is 18.8 Å². The molecule has 3 heterocycles. The SMILES string of the molecule is Cl.Cl.Cl.OCCN1CCC(c2cc(Nc3ncc(-c4ccccc4)s3)ccn2)CC1. The molecule has 2 N–H and O–H groups in total. The van der Waals surface area contributed by atoms with Crippen molar-refractivity contribution < 1.29 is 5.11 Å². The zero-order valence-electron chi connectivity index (χ0n) is 16.4. The molecule has 164 valence electrons. The molecule has 9 heteroatoms. The molecule has 0 spiro atoms. The number of β-amino-alcohol motifs (C(OH)–C–C–N with tert-alkyl or cyclic N) is 1. The predicted octanol–water partition coefficient (Wildman–Crippen LogP) is 5.39. The molecular weight excluding hydrogens is 463 g/mol. The third kappa shape index (κ3) is 6.80. The van der Waals surface area contributed by atoms with Gasteiger partial charge in [-0.1, -0.05) is 41.7 Å². The predicted molar refractivity (Wildman–Crippen MR) is 132 cm³/mol. The van der Waals surface area contributed by atoms with Crippen molar-refractivity contribution in [3.05, 3.63) is 60.6 Å². The van der Waals surface area contributed by atoms with E-state index in [2.05, 4.69) is 38.4 Å². The maximum atomic E-state index is 9.09. The summed E-state index contributed by atoms with van der Waals surface area (Å²) in [4.78, 5) is 12.6. The minimum atomic E-state index is 0. The van der Waals surface area contributed by atoms with Gasteiger partial charge in [-0.2, -0.15) is 0 Å². The van der Waals surface area contributed by atoms with Gasteiger partial charge in [0.15, 0.2) is 5.13 Å². The highest BCUT2D eigenvalue weighted by molar-refractivity contribution is 7.18. The van der Waals surface area contributed by atoms with Gasteiger partial charge in [0.25, 0.3) is 0 Å². The summed E-state index contributed by atoms with van der Waals surface area (Å²) < 4.78 is 0. The van der Waals surface area contributed by atoms with Crippen LogP contribution in [0, 0.1) is 0 Å². The standard InChI is InChI=1S/C21H24N4OS.3ClH/c26-13-12-25-10-7-16(8-11-25)19-14-18(6-9-22-19)24-21-23-15-20(27-21)17-4-2-1-3-5-17;;;/h1-6,9,14-16,26H,7-8,10-13H2,(H,22,23,24);3*1H. The van der Waals surface area contributed by atoms with Crippen LogP contribution in [-0.2, 0) is 0 Å². The average molecular weight is 490 g/mol. The normalized spacial score (nSPS) is 14.2. The minimum absolute atomic E-state index is 0. The number of nitrogens with zero attached hydrogens (tertiary/aromatic N) is 3. The van der Waals surface area contributed by atoms with Crippen molar-refractivity contribution in [1.29, 1.82) is 0 Å². The zero-order chi connectivity index (χ0) is 18.5. The molecule has 0 unspecified atom stereocenters. The van der Waals surface area contributed by atoms with Crippen LogP contribution >= 0.6 is 48.6 Å². The Bertz CT molecular complexity index is 873. The number of likely N-dealkylation sites (tertiary alicyclic amines) is 1. The quantitative estimate of drug-likeness (QED) is 0.486. The Morgan fingerprint density at radius 1 is 1.03 bits per heavy atom. The van der Waals surface area contributed by atoms with Crippen LogP contribution in [0.4, 0.5) is 10.8 Å². The molecule has 4 rings (SSSR count). The van der Waals surface area contributed by atoms with Crippen molar-refractivity contribution in [3.63, 3.8) is 0 Å². The molecule has 0 radical (unpaired) electrons. The van der Waals surface area contributed by atoms with Crippen molar-refractivity contribution in [2.24, 2.45) is 0 Å². The van der Waals surface area contributed by atoms with Crippen molar-refractivity contribution >= 4 is 59.4 Å². The van der Waals surface area contributed by atoms with E-state index in [-0.39, 0.29) is 43.8 Å². The van der Waals surface area contributed by atoms with Gasteiger partial charge >= 0.3 is 0 Å². The number of aliphatic hydroxyl groups excluding tert-OH is 1. The fourth-order valence-corrected chi connectivity index (χ4v) is 4.38. The molecule has 2 aromatic heterocycles. The molecule has 0 atom stereocenters. The Kier molecular flexibility index (Phi) is 11.6. The first kappa shape index (κ1) is 26.6. The van der Waals surface area contributed by atoms with Gasteiger partial charge < -0.3 is 15.3 Å². The van der Waals surface area contributed by atoms with E-state index in [1.54, 1.807) is 11.3 Å². The van der Waals surface area contributed by atoms with E-state index < -0.39 is 0 Å². The average Bonchev–Trinajstić information content (AvgIpc) is 3.18. The van der Waals surface area contributed by atoms with Crippen LogP contribution in [0.3, 0.4) is 0 Å². The Labute approximate surface area is 200 Å². The number of rotatable bonds is 6. The summed E-state index contributed by atoms with van der Waals surface area (Å²) in [6.07, 6.45) is 5.97. The van der Waals surface area contributed by atoms with Crippen LogP contribution < -0.4 is 5.32 Å². The number of hydrogen-bond acceptors (Lipinski definition) is 6. The monoisotopic (exact) mass is 488 g/mol. The lowest BCUT2D eigenvalue weighted by molar-refractivity contribution is 0.163. The second-order valence-electron chi connectivity index (χ2n) is 6.83. The zero-order valence-corrected chi connectivity index (χ0v) is 19.7. The molecule has 0 saturated carbocycles. The van der Waals surface area contributed by atoms with Gasteiger partial charge in [0.1, 0.15) is 0 Å². The number of nitrogens with one attached hydrogen (secondary N) is 1. The van der Waals surface area contributed by atoms with Crippen LogP contribution in [0.1, 0.15) is 24.5 Å². The number of halogens is 3. The summed E-state index contributed by atoms with van der Waals surface area (Å²) in [6, 6.07) is 14.5. The van der Waals surface area contributed by atoms with Crippen molar-refractivity contribution in [3.8, 4) is 10.4 Å². The van der Waals surface area contributed by atoms with Gasteiger partial charge in [-0.05, 0) is 43.6 Å². The Morgan fingerprint density at radius 3 is 2.47 bits per heavy atom. The number of aromatic nitrogens is 2. The van der Waals surface area contributed by atoms with Gasteiger partial charge in [-0.25, -0.2) is 4.98 Å². The van der Waals surface area contributed by atoms with Gasteiger partial charge in [0.2, 0.25) is 0 Å². The van der Waals surface area contributed by atoms with Gasteiger partial charge in [-0.3, -0.25) is 4.98 Å². The van der Waals surface area contributed by atoms with E-state index in [9.17, 15) is 0 Å². The summed E-state index contributed by atoms with van der Waals surface area (Å²) >= 11 is 1.66. The lowest BCUT2D eigenvalue weighted by atomic mass is 9.93. The maximum absolute atomic E-state index is 9.09. The fourth-order valence-electron chi connectivity index (χ4n) is 3.53. The minimum Gasteiger partial charge on any atom is -0.395 e. The Hall–Kier alpha value is -1.41. The summed E-state index contributed by atoms with van der Waals surface area (Å²) in [7, 11) is 0. The molecule has 0 bridgehead atoms. The summed E-state index contributed by atoms with van der Waals surface area (Å²) in [5.74, 6) is 0.484.